The summed E-state index contributed by atoms with van der Waals surface area (Å²) >= 11 is 9.61. The predicted molar refractivity (Wildman–Crippen MR) is 177 cm³/mol. The number of nitrogens with zero attached hydrogens (tertiary/aromatic N) is 7. The molecule has 3 saturated heterocycles. The van der Waals surface area contributed by atoms with Crippen LogP contribution in [0.25, 0.3) is 22.3 Å². The number of hydrogen-bond acceptors (Lipinski definition) is 18. The highest BCUT2D eigenvalue weighted by Crippen LogP contribution is 2.63. The van der Waals surface area contributed by atoms with E-state index in [-0.39, 0.29) is 36.0 Å². The first kappa shape index (κ1) is 34.2. The molecule has 260 valence electrons. The van der Waals surface area contributed by atoms with Crippen molar-refractivity contribution < 1.29 is 41.8 Å². The summed E-state index contributed by atoms with van der Waals surface area (Å²) in [5, 5.41) is 9.64. The summed E-state index contributed by atoms with van der Waals surface area (Å²) in [4.78, 5) is 35.7. The van der Waals surface area contributed by atoms with Crippen molar-refractivity contribution in [2.45, 2.75) is 60.2 Å². The monoisotopic (exact) mass is 764 g/mol. The third-order valence-electron chi connectivity index (χ3n) is 8.40. The van der Waals surface area contributed by atoms with Crippen LogP contribution in [-0.2, 0) is 36.7 Å². The van der Waals surface area contributed by atoms with Crippen molar-refractivity contribution >= 4 is 83.9 Å². The number of hydrogen-bond donors (Lipinski definition) is 6. The number of nitrogens with one attached hydrogen (secondary N) is 1. The zero-order chi connectivity index (χ0) is 34.2. The van der Waals surface area contributed by atoms with Crippen LogP contribution in [0.4, 0.5) is 11.8 Å². The summed E-state index contributed by atoms with van der Waals surface area (Å²) in [6.45, 7) is -7.67. The van der Waals surface area contributed by atoms with Crippen molar-refractivity contribution in [3.63, 3.8) is 0 Å². The maximum absolute atomic E-state index is 13.9. The van der Waals surface area contributed by atoms with E-state index in [9.17, 15) is 19.0 Å². The molecular formula is C23H30N10O10P2S3. The molecule has 3 fully saturated rings. The predicted octanol–water partition coefficient (Wildman–Crippen LogP) is 1.68. The van der Waals surface area contributed by atoms with Crippen LogP contribution in [0.1, 0.15) is 24.9 Å². The average molecular weight is 765 g/mol. The first-order chi connectivity index (χ1) is 22.8. The number of aliphatic hydroxyl groups excluding tert-OH is 1. The normalized spacial score (nSPS) is 37.6. The van der Waals surface area contributed by atoms with Crippen molar-refractivity contribution in [1.29, 1.82) is 0 Å². The highest BCUT2D eigenvalue weighted by molar-refractivity contribution is 8.44. The maximum atomic E-state index is 13.9. The van der Waals surface area contributed by atoms with Crippen LogP contribution in [0.2, 0.25) is 0 Å². The van der Waals surface area contributed by atoms with Gasteiger partial charge in [0.15, 0.2) is 28.9 Å². The number of H-pyrrole nitrogens is 1. The molecule has 6 N–H and O–H groups in total. The molecule has 48 heavy (non-hydrogen) atoms. The van der Waals surface area contributed by atoms with Crippen LogP contribution in [-0.4, -0.2) is 99.7 Å². The lowest BCUT2D eigenvalue weighted by molar-refractivity contribution is -0.122. The molecule has 10 atom stereocenters. The molecule has 2 bridgehead atoms. The number of fused-ring (bicyclic) bond motifs is 5. The molecule has 7 heterocycles. The summed E-state index contributed by atoms with van der Waals surface area (Å²) in [7, 11) is 1.40. The quantitative estimate of drug-likeness (QED) is 0.127. The molecule has 4 aromatic heterocycles. The van der Waals surface area contributed by atoms with Crippen LogP contribution < -0.4 is 17.0 Å². The van der Waals surface area contributed by atoms with Crippen molar-refractivity contribution in [2.75, 3.05) is 31.8 Å². The lowest BCUT2D eigenvalue weighted by atomic mass is 9.93. The Labute approximate surface area is 285 Å². The molecule has 2 unspecified atom stereocenters. The van der Waals surface area contributed by atoms with E-state index in [0.29, 0.717) is 11.2 Å². The molecule has 0 saturated carbocycles. The Balaban J connectivity index is 1.26. The van der Waals surface area contributed by atoms with Gasteiger partial charge in [0.05, 0.1) is 37.2 Å². The molecule has 0 aliphatic carbocycles. The van der Waals surface area contributed by atoms with Gasteiger partial charge in [-0.25, -0.2) is 29.1 Å². The highest BCUT2D eigenvalue weighted by atomic mass is 32.7. The second kappa shape index (κ2) is 12.5. The molecule has 20 nitrogen and oxygen atoms in total. The summed E-state index contributed by atoms with van der Waals surface area (Å²) in [6, 6.07) is 0. The van der Waals surface area contributed by atoms with E-state index in [1.807, 2.05) is 0 Å². The Morgan fingerprint density at radius 1 is 1.10 bits per heavy atom. The fourth-order valence-corrected chi connectivity index (χ4v) is 10.7. The lowest BCUT2D eigenvalue weighted by Gasteiger charge is -2.35. The number of methoxy groups -OCH3 is 1. The van der Waals surface area contributed by atoms with Gasteiger partial charge in [-0.3, -0.25) is 37.0 Å². The maximum Gasteiger partial charge on any atom is 0.386 e. The van der Waals surface area contributed by atoms with E-state index >= 15 is 0 Å². The van der Waals surface area contributed by atoms with E-state index in [1.54, 1.807) is 11.5 Å². The van der Waals surface area contributed by atoms with Crippen LogP contribution in [0.15, 0.2) is 23.8 Å². The number of rotatable bonds is 4. The standard InChI is InChI=1S/C23H30N10O10P2S3/c1-3-23-5-40-45(37,47)42-13-12(34)9(48-21(13)33-8-29-11-18(33)30-22(25)31-19(11)35)4-39-44(36,46)43-15(23)14(38-2)20(41-23)32-7-28-10-16(24)26-6-27-17(10)32/h6-9,12-15,20-21,34H,3-5H2,1-2H3,(H,36,46)(H,37,47)(H2,24,26,27)(H3,25,30,31,35)/t9-,12-,13-,14-,15+,20-,21-,23-,44?,45?/m1/s1. The fourth-order valence-electron chi connectivity index (χ4n) is 6.03. The van der Waals surface area contributed by atoms with Gasteiger partial charge in [-0.05, 0) is 6.42 Å². The first-order valence-electron chi connectivity index (χ1n) is 14.3. The molecule has 25 heteroatoms. The van der Waals surface area contributed by atoms with Gasteiger partial charge in [-0.2, -0.15) is 4.98 Å². The highest BCUT2D eigenvalue weighted by Gasteiger charge is 2.60. The van der Waals surface area contributed by atoms with E-state index in [2.05, 4.69) is 54.4 Å². The minimum atomic E-state index is -4.33. The Morgan fingerprint density at radius 3 is 2.58 bits per heavy atom. The largest absolute Gasteiger partial charge is 0.389 e. The SMILES string of the molecule is CC[C@@]12COP(=O)(S)O[C@@H]3[C@H](O)[C@@H](COP(=O)(S)O[C@H]1[C@@H](OC)[C@H](n1cnc4c(N)ncnc41)O2)S[C@H]3n1cnc2c(=O)[nH]c(N)nc21. The Morgan fingerprint density at radius 2 is 1.83 bits per heavy atom. The molecule has 3 aliphatic rings. The summed E-state index contributed by atoms with van der Waals surface area (Å²) < 4.78 is 66.8. The molecular weight excluding hydrogens is 734 g/mol. The smallest absolute Gasteiger partial charge is 0.386 e. The molecule has 0 radical (unpaired) electrons. The second-order valence-electron chi connectivity index (χ2n) is 11.1. The van der Waals surface area contributed by atoms with Crippen LogP contribution in [0.3, 0.4) is 0 Å². The number of aromatic nitrogens is 8. The van der Waals surface area contributed by atoms with Gasteiger partial charge < -0.3 is 26.0 Å². The topological polar surface area (TPSA) is 269 Å². The third kappa shape index (κ3) is 5.86. The molecule has 0 aromatic carbocycles. The lowest BCUT2D eigenvalue weighted by Crippen LogP contribution is -2.48. The summed E-state index contributed by atoms with van der Waals surface area (Å²) in [5.41, 5.74) is 10.4. The van der Waals surface area contributed by atoms with Gasteiger partial charge in [0.1, 0.15) is 41.1 Å². The van der Waals surface area contributed by atoms with Crippen molar-refractivity contribution in [1.82, 2.24) is 39.0 Å². The van der Waals surface area contributed by atoms with Crippen LogP contribution >= 0.6 is 49.9 Å². The van der Waals surface area contributed by atoms with Gasteiger partial charge in [-0.1, -0.05) is 31.4 Å². The minimum absolute atomic E-state index is 0.0258. The average Bonchev–Trinajstić information content (AvgIpc) is 3.79. The molecule has 4 aromatic rings. The van der Waals surface area contributed by atoms with Gasteiger partial charge >= 0.3 is 13.6 Å². The molecule has 0 amide bonds. The van der Waals surface area contributed by atoms with E-state index in [1.165, 1.54) is 30.7 Å². The Bertz CT molecular complexity index is 2040. The Hall–Kier alpha value is -2.27. The fraction of sp³-hybridized carbons (Fsp3) is 0.565. The van der Waals surface area contributed by atoms with Gasteiger partial charge in [0.2, 0.25) is 5.95 Å². The van der Waals surface area contributed by atoms with E-state index in [0.717, 1.165) is 11.8 Å². The molecule has 3 aliphatic heterocycles. The number of nitrogen functional groups attached to an aromatic ring is 2. The van der Waals surface area contributed by atoms with Crippen molar-refractivity contribution in [3.05, 3.63) is 29.3 Å². The van der Waals surface area contributed by atoms with Gasteiger partial charge in [0.25, 0.3) is 5.56 Å². The molecule has 0 spiro atoms. The van der Waals surface area contributed by atoms with E-state index in [4.69, 9.17) is 39.0 Å². The van der Waals surface area contributed by atoms with E-state index < -0.39 is 72.6 Å². The van der Waals surface area contributed by atoms with Crippen LogP contribution in [0.5, 0.6) is 0 Å². The first-order valence-corrected chi connectivity index (χ1v) is 20.6. The van der Waals surface area contributed by atoms with Crippen LogP contribution in [0, 0.1) is 0 Å². The number of thiol groups is 2. The number of imidazole rings is 2. The zero-order valence-corrected chi connectivity index (χ0v) is 29.4. The van der Waals surface area contributed by atoms with Crippen molar-refractivity contribution in [2.24, 2.45) is 0 Å². The number of nitrogens with two attached hydrogens (primary N) is 2. The number of thioether (sulfide) groups is 1. The summed E-state index contributed by atoms with van der Waals surface area (Å²) in [6.07, 6.45) is -1.69. The summed E-state index contributed by atoms with van der Waals surface area (Å²) in [5.74, 6) is -0.0286. The molecule has 7 rings (SSSR count). The minimum Gasteiger partial charge on any atom is -0.389 e. The van der Waals surface area contributed by atoms with Gasteiger partial charge in [0, 0.05) is 7.11 Å². The number of anilines is 2. The third-order valence-corrected chi connectivity index (χ3v) is 13.1. The number of ether oxygens (including phenoxy) is 2. The number of aromatic amines is 1. The zero-order valence-electron chi connectivity index (χ0n) is 25.0. The Kier molecular flexibility index (Phi) is 8.90. The van der Waals surface area contributed by atoms with Gasteiger partial charge in [-0.15, -0.1) is 11.8 Å². The number of aliphatic hydroxyl groups is 1. The second-order valence-corrected chi connectivity index (χ2v) is 18.3. The van der Waals surface area contributed by atoms with Crippen molar-refractivity contribution in [3.8, 4) is 0 Å².